The second-order valence-electron chi connectivity index (χ2n) is 8.02. The Morgan fingerprint density at radius 2 is 1.28 bits per heavy atom. The van der Waals surface area contributed by atoms with E-state index in [1.165, 1.54) is 12.1 Å². The number of primary sulfonamides is 1. The third-order valence-electron chi connectivity index (χ3n) is 5.65. The summed E-state index contributed by atoms with van der Waals surface area (Å²) in [7, 11) is -6.73. The van der Waals surface area contributed by atoms with E-state index in [0.29, 0.717) is 0 Å². The van der Waals surface area contributed by atoms with Crippen LogP contribution >= 0.6 is 0 Å². The highest BCUT2D eigenvalue weighted by Crippen LogP contribution is 2.39. The van der Waals surface area contributed by atoms with Crippen molar-refractivity contribution in [3.05, 3.63) is 90.5 Å². The van der Waals surface area contributed by atoms with Crippen LogP contribution in [0.1, 0.15) is 25.8 Å². The van der Waals surface area contributed by atoms with E-state index in [0.717, 1.165) is 28.8 Å². The average Bonchev–Trinajstić information content (AvgIpc) is 2.72. The van der Waals surface area contributed by atoms with Crippen molar-refractivity contribution < 1.29 is 13.2 Å². The average molecular weight is 426 g/mol. The Bertz CT molecular complexity index is 1010. The molecule has 0 saturated carbocycles. The van der Waals surface area contributed by atoms with Crippen LogP contribution in [0.3, 0.4) is 0 Å². The van der Waals surface area contributed by atoms with E-state index in [-0.39, 0.29) is 9.93 Å². The van der Waals surface area contributed by atoms with Crippen molar-refractivity contribution in [1.82, 2.24) is 0 Å². The summed E-state index contributed by atoms with van der Waals surface area (Å²) in [5.41, 5.74) is 1.02. The minimum atomic E-state index is -3.69. The third kappa shape index (κ3) is 4.51. The van der Waals surface area contributed by atoms with Crippen LogP contribution in [-0.4, -0.2) is 21.5 Å². The largest absolute Gasteiger partial charge is 0.424 e. The van der Waals surface area contributed by atoms with Gasteiger partial charge >= 0.3 is 0 Å². The molecule has 0 unspecified atom stereocenters. The van der Waals surface area contributed by atoms with Crippen LogP contribution in [0.2, 0.25) is 5.04 Å². The minimum absolute atomic E-state index is 0.111. The summed E-state index contributed by atoms with van der Waals surface area (Å²) in [5.74, 6) is 0. The van der Waals surface area contributed by atoms with Crippen molar-refractivity contribution in [3.63, 3.8) is 0 Å². The van der Waals surface area contributed by atoms with E-state index in [1.54, 1.807) is 12.1 Å². The van der Waals surface area contributed by atoms with Gasteiger partial charge in [0.1, 0.15) is 0 Å². The molecule has 0 bridgehead atoms. The van der Waals surface area contributed by atoms with Crippen LogP contribution in [0.25, 0.3) is 0 Å². The standard InChI is InChI=1S/C23H27NO3SSi/c1-23(2,18-17-19-13-15-20(16-14-19)28(24,25)26)29(27,21-9-5-3-6-10-21)22-11-7-4-8-12-22/h3-16,27H,17-18H2,1-2H3,(H2,24,25,26). The van der Waals surface area contributed by atoms with Gasteiger partial charge in [-0.3, -0.25) is 0 Å². The highest BCUT2D eigenvalue weighted by atomic mass is 32.2. The maximum absolute atomic E-state index is 12.2. The second-order valence-corrected chi connectivity index (χ2v) is 13.5. The molecule has 0 heterocycles. The molecule has 0 atom stereocenters. The molecule has 3 aromatic carbocycles. The van der Waals surface area contributed by atoms with Gasteiger partial charge in [-0.2, -0.15) is 0 Å². The van der Waals surface area contributed by atoms with E-state index < -0.39 is 18.3 Å². The van der Waals surface area contributed by atoms with Gasteiger partial charge < -0.3 is 4.80 Å². The van der Waals surface area contributed by atoms with Gasteiger partial charge in [0.15, 0.2) is 0 Å². The number of rotatable bonds is 7. The summed E-state index contributed by atoms with van der Waals surface area (Å²) >= 11 is 0. The van der Waals surface area contributed by atoms with Gasteiger partial charge in [-0.05, 0) is 45.9 Å². The first kappa shape index (κ1) is 21.5. The molecule has 152 valence electrons. The molecule has 0 aliphatic rings. The zero-order valence-electron chi connectivity index (χ0n) is 16.7. The van der Waals surface area contributed by atoms with Gasteiger partial charge in [0.25, 0.3) is 8.32 Å². The molecule has 6 heteroatoms. The normalized spacial score (nSPS) is 12.7. The predicted molar refractivity (Wildman–Crippen MR) is 120 cm³/mol. The van der Waals surface area contributed by atoms with Crippen LogP contribution in [0.4, 0.5) is 0 Å². The van der Waals surface area contributed by atoms with Crippen LogP contribution < -0.4 is 15.5 Å². The molecular weight excluding hydrogens is 398 g/mol. The molecule has 0 spiro atoms. The summed E-state index contributed by atoms with van der Waals surface area (Å²) < 4.78 is 22.9. The molecule has 0 saturated heterocycles. The smallest absolute Gasteiger partial charge is 0.258 e. The Morgan fingerprint density at radius 1 is 0.828 bits per heavy atom. The SMILES string of the molecule is CC(C)(CCc1ccc(S(N)(=O)=O)cc1)[Si](O)(c1ccccc1)c1ccccc1. The topological polar surface area (TPSA) is 80.4 Å². The van der Waals surface area contributed by atoms with E-state index >= 15 is 0 Å². The number of benzene rings is 3. The molecule has 3 aromatic rings. The first-order valence-electron chi connectivity index (χ1n) is 9.60. The highest BCUT2D eigenvalue weighted by Gasteiger charge is 2.49. The van der Waals surface area contributed by atoms with E-state index in [1.807, 2.05) is 60.7 Å². The fraction of sp³-hybridized carbons (Fsp3) is 0.217. The number of sulfonamides is 1. The van der Waals surface area contributed by atoms with Gasteiger partial charge in [0, 0.05) is 0 Å². The molecule has 0 aromatic heterocycles. The maximum atomic E-state index is 12.2. The van der Waals surface area contributed by atoms with Gasteiger partial charge in [0.2, 0.25) is 10.0 Å². The van der Waals surface area contributed by atoms with Gasteiger partial charge in [-0.1, -0.05) is 86.6 Å². The molecule has 3 N–H and O–H groups in total. The lowest BCUT2D eigenvalue weighted by Gasteiger charge is -2.41. The molecule has 0 aliphatic carbocycles. The Kier molecular flexibility index (Phi) is 6.10. The zero-order valence-corrected chi connectivity index (χ0v) is 18.6. The van der Waals surface area contributed by atoms with Crippen molar-refractivity contribution in [2.75, 3.05) is 0 Å². The Hall–Kier alpha value is -2.25. The van der Waals surface area contributed by atoms with Crippen molar-refractivity contribution in [3.8, 4) is 0 Å². The number of aryl methyl sites for hydroxylation is 1. The Morgan fingerprint density at radius 3 is 1.69 bits per heavy atom. The lowest BCUT2D eigenvalue weighted by molar-refractivity contribution is 0.466. The van der Waals surface area contributed by atoms with Crippen molar-refractivity contribution in [2.45, 2.75) is 36.6 Å². The maximum Gasteiger partial charge on any atom is 0.258 e. The lowest BCUT2D eigenvalue weighted by Crippen LogP contribution is -2.65. The zero-order chi connectivity index (χ0) is 21.1. The summed E-state index contributed by atoms with van der Waals surface area (Å²) in [6.07, 6.45) is 1.49. The predicted octanol–water partition coefficient (Wildman–Crippen LogP) is 2.80. The van der Waals surface area contributed by atoms with E-state index in [4.69, 9.17) is 5.14 Å². The summed E-state index contributed by atoms with van der Waals surface area (Å²) in [6.45, 7) is 4.25. The second kappa shape index (κ2) is 8.24. The van der Waals surface area contributed by atoms with Gasteiger partial charge in [-0.15, -0.1) is 0 Å². The first-order valence-corrected chi connectivity index (χ1v) is 13.1. The van der Waals surface area contributed by atoms with E-state index in [2.05, 4.69) is 13.8 Å². The quantitative estimate of drug-likeness (QED) is 0.571. The first-order chi connectivity index (χ1) is 13.6. The molecule has 29 heavy (non-hydrogen) atoms. The molecule has 3 rings (SSSR count). The Labute approximate surface area is 174 Å². The molecule has 4 nitrogen and oxygen atoms in total. The molecular formula is C23H27NO3SSi. The van der Waals surface area contributed by atoms with E-state index in [9.17, 15) is 13.2 Å². The number of nitrogens with two attached hydrogens (primary N) is 1. The van der Waals surface area contributed by atoms with Crippen molar-refractivity contribution >= 4 is 28.7 Å². The van der Waals surface area contributed by atoms with Crippen LogP contribution in [0.15, 0.2) is 89.8 Å². The molecule has 0 aliphatic heterocycles. The fourth-order valence-corrected chi connectivity index (χ4v) is 8.04. The summed E-state index contributed by atoms with van der Waals surface area (Å²) in [5, 5.41) is 6.80. The molecule has 0 fully saturated rings. The minimum Gasteiger partial charge on any atom is -0.424 e. The fourth-order valence-electron chi connectivity index (χ4n) is 3.79. The highest BCUT2D eigenvalue weighted by molar-refractivity contribution is 7.89. The van der Waals surface area contributed by atoms with Gasteiger partial charge in [-0.25, -0.2) is 13.6 Å². The van der Waals surface area contributed by atoms with Gasteiger partial charge in [0.05, 0.1) is 4.90 Å². The monoisotopic (exact) mass is 425 g/mol. The summed E-state index contributed by atoms with van der Waals surface area (Å²) in [6, 6.07) is 26.5. The molecule has 0 amide bonds. The number of hydrogen-bond acceptors (Lipinski definition) is 3. The van der Waals surface area contributed by atoms with Crippen LogP contribution in [0.5, 0.6) is 0 Å². The number of hydrogen-bond donors (Lipinski definition) is 2. The lowest BCUT2D eigenvalue weighted by atomic mass is 10.0. The molecule has 0 radical (unpaired) electrons. The van der Waals surface area contributed by atoms with Crippen LogP contribution in [0, 0.1) is 0 Å². The van der Waals surface area contributed by atoms with Crippen molar-refractivity contribution in [2.24, 2.45) is 5.14 Å². The van der Waals surface area contributed by atoms with Crippen LogP contribution in [-0.2, 0) is 16.4 Å². The summed E-state index contributed by atoms with van der Waals surface area (Å²) in [4.78, 5) is 12.3. The Balaban J connectivity index is 1.91. The third-order valence-corrected chi connectivity index (χ3v) is 11.1. The van der Waals surface area contributed by atoms with Crippen molar-refractivity contribution in [1.29, 1.82) is 0 Å².